The second-order valence-corrected chi connectivity index (χ2v) is 7.00. The molecule has 0 fully saturated rings. The van der Waals surface area contributed by atoms with Crippen molar-refractivity contribution in [1.29, 1.82) is 0 Å². The third-order valence-electron chi connectivity index (χ3n) is 4.10. The molecular weight excluding hydrogens is 441 g/mol. The van der Waals surface area contributed by atoms with Crippen LogP contribution >= 0.6 is 11.3 Å². The van der Waals surface area contributed by atoms with Crippen molar-refractivity contribution in [1.82, 2.24) is 19.7 Å². The van der Waals surface area contributed by atoms with Crippen molar-refractivity contribution >= 4 is 23.1 Å². The fourth-order valence-electron chi connectivity index (χ4n) is 2.74. The first-order chi connectivity index (χ1) is 14.7. The first-order valence-electron chi connectivity index (χ1n) is 8.52. The molecule has 0 aliphatic rings. The predicted molar refractivity (Wildman–Crippen MR) is 102 cm³/mol. The second-order valence-electron chi connectivity index (χ2n) is 6.13. The number of aromatic nitrogens is 4. The molecule has 31 heavy (non-hydrogen) atoms. The molecule has 4 rings (SSSR count). The maximum atomic E-state index is 13.7. The van der Waals surface area contributed by atoms with Crippen molar-refractivity contribution in [3.63, 3.8) is 0 Å². The van der Waals surface area contributed by atoms with E-state index in [0.717, 1.165) is 40.4 Å². The summed E-state index contributed by atoms with van der Waals surface area (Å²) >= 11 is 1.11. The van der Waals surface area contributed by atoms with Gasteiger partial charge in [0.15, 0.2) is 5.69 Å². The number of alkyl halides is 3. The molecule has 6 nitrogen and oxygen atoms in total. The molecule has 0 aliphatic heterocycles. The molecule has 1 amide bonds. The topological polar surface area (TPSA) is 72.7 Å². The lowest BCUT2D eigenvalue weighted by Gasteiger charge is -2.08. The lowest BCUT2D eigenvalue weighted by Crippen LogP contribution is -2.16. The highest BCUT2D eigenvalue weighted by molar-refractivity contribution is 7.12. The molecule has 0 saturated heterocycles. The Hall–Kier alpha value is -3.67. The minimum Gasteiger partial charge on any atom is -0.306 e. The number of benzene rings is 1. The molecule has 3 heterocycles. The number of nitrogens with zero attached hydrogens (tertiary/aromatic N) is 4. The second kappa shape index (κ2) is 7.87. The smallest absolute Gasteiger partial charge is 0.306 e. The Kier molecular flexibility index (Phi) is 5.23. The van der Waals surface area contributed by atoms with Gasteiger partial charge in [-0.3, -0.25) is 4.79 Å². The summed E-state index contributed by atoms with van der Waals surface area (Å²) in [4.78, 5) is 19.9. The van der Waals surface area contributed by atoms with Gasteiger partial charge in [-0.2, -0.15) is 18.3 Å². The Labute approximate surface area is 175 Å². The van der Waals surface area contributed by atoms with E-state index in [1.165, 1.54) is 24.5 Å². The number of rotatable bonds is 4. The molecule has 0 atom stereocenters. The third kappa shape index (κ3) is 4.14. The Bertz CT molecular complexity index is 1220. The maximum absolute atomic E-state index is 13.7. The number of amides is 1. The molecule has 0 radical (unpaired) electrons. The average molecular weight is 451 g/mol. The van der Waals surface area contributed by atoms with Crippen LogP contribution in [0.3, 0.4) is 0 Å². The van der Waals surface area contributed by atoms with Gasteiger partial charge in [-0.1, -0.05) is 6.07 Å². The van der Waals surface area contributed by atoms with Gasteiger partial charge >= 0.3 is 6.18 Å². The third-order valence-corrected chi connectivity index (χ3v) is 4.87. The Morgan fingerprint density at radius 2 is 1.81 bits per heavy atom. The average Bonchev–Trinajstić information content (AvgIpc) is 3.38. The number of carbonyl (C=O) groups excluding carboxylic acids is 1. The first kappa shape index (κ1) is 20.6. The first-order valence-corrected chi connectivity index (χ1v) is 9.40. The van der Waals surface area contributed by atoms with Crippen LogP contribution in [0.5, 0.6) is 0 Å². The van der Waals surface area contributed by atoms with Crippen LogP contribution in [-0.4, -0.2) is 25.7 Å². The van der Waals surface area contributed by atoms with Crippen LogP contribution in [0.25, 0.3) is 16.3 Å². The lowest BCUT2D eigenvalue weighted by atomic mass is 10.1. The van der Waals surface area contributed by atoms with Gasteiger partial charge in [-0.05, 0) is 24.3 Å². The van der Waals surface area contributed by atoms with Crippen molar-refractivity contribution < 1.29 is 26.7 Å². The van der Waals surface area contributed by atoms with Crippen LogP contribution in [-0.2, 0) is 6.18 Å². The number of hydrogen-bond acceptors (Lipinski definition) is 5. The van der Waals surface area contributed by atoms with E-state index in [1.807, 2.05) is 0 Å². The lowest BCUT2D eigenvalue weighted by molar-refractivity contribution is -0.140. The van der Waals surface area contributed by atoms with Crippen LogP contribution in [0.4, 0.5) is 27.8 Å². The van der Waals surface area contributed by atoms with Crippen LogP contribution in [0.1, 0.15) is 16.1 Å². The number of hydrogen-bond donors (Lipinski definition) is 1. The molecule has 0 bridgehead atoms. The summed E-state index contributed by atoms with van der Waals surface area (Å²) in [5, 5.41) is 7.65. The molecule has 0 saturated carbocycles. The number of thiazole rings is 1. The van der Waals surface area contributed by atoms with Crippen molar-refractivity contribution in [2.75, 3.05) is 5.32 Å². The van der Waals surface area contributed by atoms with Crippen molar-refractivity contribution in [3.05, 3.63) is 77.2 Å². The minimum absolute atomic E-state index is 0.0743. The fraction of sp³-hybridized carbons (Fsp3) is 0.0526. The molecule has 1 aromatic carbocycles. The van der Waals surface area contributed by atoms with Crippen LogP contribution < -0.4 is 5.32 Å². The van der Waals surface area contributed by atoms with E-state index in [2.05, 4.69) is 20.4 Å². The van der Waals surface area contributed by atoms with Crippen molar-refractivity contribution in [2.24, 2.45) is 0 Å². The molecule has 0 aliphatic carbocycles. The molecule has 1 N–H and O–H groups in total. The van der Waals surface area contributed by atoms with E-state index in [1.54, 1.807) is 5.38 Å². The van der Waals surface area contributed by atoms with Gasteiger partial charge in [0.05, 0.1) is 0 Å². The zero-order valence-corrected chi connectivity index (χ0v) is 16.0. The fourth-order valence-corrected chi connectivity index (χ4v) is 3.31. The molecule has 4 aromatic rings. The van der Waals surface area contributed by atoms with E-state index >= 15 is 0 Å². The van der Waals surface area contributed by atoms with Gasteiger partial charge in [-0.15, -0.1) is 11.3 Å². The van der Waals surface area contributed by atoms with Gasteiger partial charge in [0.2, 0.25) is 5.13 Å². The largest absolute Gasteiger partial charge is 0.435 e. The van der Waals surface area contributed by atoms with Crippen LogP contribution in [0, 0.1) is 11.6 Å². The summed E-state index contributed by atoms with van der Waals surface area (Å²) < 4.78 is 68.8. The molecule has 12 heteroatoms. The zero-order chi connectivity index (χ0) is 22.2. The molecular formula is C19H10F5N5OS. The number of anilines is 1. The van der Waals surface area contributed by atoms with E-state index < -0.39 is 35.0 Å². The van der Waals surface area contributed by atoms with Crippen molar-refractivity contribution in [2.45, 2.75) is 6.18 Å². The van der Waals surface area contributed by atoms with E-state index in [9.17, 15) is 26.7 Å². The van der Waals surface area contributed by atoms with Gasteiger partial charge in [0, 0.05) is 35.1 Å². The standard InChI is InChI=1S/C19H10F5N5OS/c20-12-2-1-3-13(21)15(12)17(30)27-14-5-4-10(8-26-14)11-9-29(18-25-6-7-31-18)28-16(11)19(22,23)24/h1-9H,(H,26,27,30). The van der Waals surface area contributed by atoms with Gasteiger partial charge < -0.3 is 5.32 Å². The van der Waals surface area contributed by atoms with Gasteiger partial charge in [0.1, 0.15) is 23.0 Å². The predicted octanol–water partition coefficient (Wildman–Crippen LogP) is 4.94. The maximum Gasteiger partial charge on any atom is 0.435 e. The van der Waals surface area contributed by atoms with Crippen molar-refractivity contribution in [3.8, 4) is 16.3 Å². The highest BCUT2D eigenvalue weighted by Crippen LogP contribution is 2.36. The monoisotopic (exact) mass is 451 g/mol. The quantitative estimate of drug-likeness (QED) is 0.446. The molecule has 158 valence electrons. The summed E-state index contributed by atoms with van der Waals surface area (Å²) in [5.41, 5.74) is -2.09. The highest BCUT2D eigenvalue weighted by Gasteiger charge is 2.38. The summed E-state index contributed by atoms with van der Waals surface area (Å²) in [5.74, 6) is -3.29. The minimum atomic E-state index is -4.73. The normalized spacial score (nSPS) is 11.5. The number of nitrogens with one attached hydrogen (secondary N) is 1. The van der Waals surface area contributed by atoms with Crippen LogP contribution in [0.2, 0.25) is 0 Å². The van der Waals surface area contributed by atoms with E-state index in [4.69, 9.17) is 0 Å². The summed E-state index contributed by atoms with van der Waals surface area (Å²) in [7, 11) is 0. The summed E-state index contributed by atoms with van der Waals surface area (Å²) in [6, 6.07) is 5.45. The van der Waals surface area contributed by atoms with Gasteiger partial charge in [0.25, 0.3) is 5.91 Å². The number of halogens is 5. The Morgan fingerprint density at radius 3 is 2.39 bits per heavy atom. The zero-order valence-electron chi connectivity index (χ0n) is 15.2. The van der Waals surface area contributed by atoms with Gasteiger partial charge in [-0.25, -0.2) is 23.4 Å². The van der Waals surface area contributed by atoms with E-state index in [0.29, 0.717) is 0 Å². The number of carbonyl (C=O) groups is 1. The molecule has 0 unspecified atom stereocenters. The Balaban J connectivity index is 1.63. The highest BCUT2D eigenvalue weighted by atomic mass is 32.1. The molecule has 3 aromatic heterocycles. The number of pyridine rings is 1. The SMILES string of the molecule is O=C(Nc1ccc(-c2cn(-c3nccs3)nc2C(F)(F)F)cn1)c1c(F)cccc1F. The Morgan fingerprint density at radius 1 is 1.06 bits per heavy atom. The summed E-state index contributed by atoms with van der Waals surface area (Å²) in [6.45, 7) is 0. The van der Waals surface area contributed by atoms with Crippen LogP contribution in [0.15, 0.2) is 54.3 Å². The van der Waals surface area contributed by atoms with E-state index in [-0.39, 0.29) is 22.1 Å². The summed E-state index contributed by atoms with van der Waals surface area (Å²) in [6.07, 6.45) is -1.03. The molecule has 0 spiro atoms.